The highest BCUT2D eigenvalue weighted by Crippen LogP contribution is 2.19. The largest absolute Gasteiger partial charge is 0.370 e. The van der Waals surface area contributed by atoms with E-state index in [0.29, 0.717) is 6.54 Å². The Morgan fingerprint density at radius 1 is 1.04 bits per heavy atom. The minimum atomic E-state index is -1.65. The predicted octanol–water partition coefficient (Wildman–Crippen LogP) is 2.81. The van der Waals surface area contributed by atoms with Gasteiger partial charge in [-0.2, -0.15) is 0 Å². The van der Waals surface area contributed by atoms with Crippen LogP contribution in [0.25, 0.3) is 0 Å². The third kappa shape index (κ3) is 6.54. The second-order valence-corrected chi connectivity index (χ2v) is 5.13. The van der Waals surface area contributed by atoms with Gasteiger partial charge in [0, 0.05) is 6.54 Å². The summed E-state index contributed by atoms with van der Waals surface area (Å²) in [5.74, 6) is -5.11. The SMILES string of the molecule is I.NC(=NCC(=O)Nc1ccc(F)c(F)c1F)NCCc1ccccc1. The van der Waals surface area contributed by atoms with Crippen molar-refractivity contribution in [3.8, 4) is 0 Å². The maximum Gasteiger partial charge on any atom is 0.246 e. The van der Waals surface area contributed by atoms with E-state index in [0.717, 1.165) is 24.1 Å². The van der Waals surface area contributed by atoms with Gasteiger partial charge in [0.15, 0.2) is 23.4 Å². The molecular weight excluding hydrogens is 460 g/mol. The lowest BCUT2D eigenvalue weighted by atomic mass is 10.1. The van der Waals surface area contributed by atoms with Gasteiger partial charge in [0.05, 0.1) is 5.69 Å². The molecule has 0 radical (unpaired) electrons. The van der Waals surface area contributed by atoms with Crippen molar-refractivity contribution in [2.45, 2.75) is 6.42 Å². The Morgan fingerprint density at radius 3 is 2.42 bits per heavy atom. The molecule has 0 spiro atoms. The van der Waals surface area contributed by atoms with Gasteiger partial charge in [0.25, 0.3) is 0 Å². The van der Waals surface area contributed by atoms with Gasteiger partial charge < -0.3 is 16.4 Å². The summed E-state index contributed by atoms with van der Waals surface area (Å²) in [5.41, 5.74) is 6.29. The minimum absolute atomic E-state index is 0. The fourth-order valence-electron chi connectivity index (χ4n) is 2.00. The fourth-order valence-corrected chi connectivity index (χ4v) is 2.00. The Hall–Kier alpha value is -2.30. The molecule has 0 atom stereocenters. The van der Waals surface area contributed by atoms with Crippen LogP contribution in [0.5, 0.6) is 0 Å². The lowest BCUT2D eigenvalue weighted by Gasteiger charge is -2.07. The first-order valence-corrected chi connectivity index (χ1v) is 7.48. The molecule has 0 saturated carbocycles. The zero-order chi connectivity index (χ0) is 18.2. The van der Waals surface area contributed by atoms with Crippen LogP contribution in [-0.4, -0.2) is 25.0 Å². The molecule has 0 aliphatic rings. The number of guanidine groups is 1. The summed E-state index contributed by atoms with van der Waals surface area (Å²) >= 11 is 0. The van der Waals surface area contributed by atoms with Crippen molar-refractivity contribution in [2.75, 3.05) is 18.4 Å². The first-order valence-electron chi connectivity index (χ1n) is 7.48. The minimum Gasteiger partial charge on any atom is -0.370 e. The highest BCUT2D eigenvalue weighted by molar-refractivity contribution is 14.0. The summed E-state index contributed by atoms with van der Waals surface area (Å²) in [6, 6.07) is 11.4. The molecule has 1 amide bonds. The number of nitrogens with two attached hydrogens (primary N) is 1. The van der Waals surface area contributed by atoms with E-state index in [4.69, 9.17) is 5.73 Å². The number of carbonyl (C=O) groups excluding carboxylic acids is 1. The Labute approximate surface area is 165 Å². The number of nitrogens with one attached hydrogen (secondary N) is 2. The van der Waals surface area contributed by atoms with E-state index in [2.05, 4.69) is 15.6 Å². The summed E-state index contributed by atoms with van der Waals surface area (Å²) in [5, 5.41) is 4.95. The van der Waals surface area contributed by atoms with E-state index in [1.54, 1.807) is 0 Å². The number of halogens is 4. The molecule has 0 aromatic heterocycles. The molecule has 0 aliphatic carbocycles. The Bertz CT molecular complexity index is 772. The van der Waals surface area contributed by atoms with Gasteiger partial charge in [-0.25, -0.2) is 18.2 Å². The molecule has 2 rings (SSSR count). The molecule has 0 unspecified atom stereocenters. The second kappa shape index (κ2) is 10.6. The number of hydrogen-bond donors (Lipinski definition) is 3. The van der Waals surface area contributed by atoms with Crippen molar-refractivity contribution < 1.29 is 18.0 Å². The van der Waals surface area contributed by atoms with E-state index in [-0.39, 0.29) is 36.5 Å². The van der Waals surface area contributed by atoms with Crippen LogP contribution < -0.4 is 16.4 Å². The predicted molar refractivity (Wildman–Crippen MR) is 105 cm³/mol. The Balaban J connectivity index is 0.00000338. The molecule has 2 aromatic carbocycles. The quantitative estimate of drug-likeness (QED) is 0.259. The van der Waals surface area contributed by atoms with Crippen LogP contribution in [-0.2, 0) is 11.2 Å². The Morgan fingerprint density at radius 2 is 1.73 bits per heavy atom. The highest BCUT2D eigenvalue weighted by atomic mass is 127. The van der Waals surface area contributed by atoms with E-state index in [1.807, 2.05) is 30.3 Å². The molecule has 0 heterocycles. The van der Waals surface area contributed by atoms with Gasteiger partial charge in [-0.3, -0.25) is 4.79 Å². The number of amides is 1. The smallest absolute Gasteiger partial charge is 0.246 e. The van der Waals surface area contributed by atoms with Gasteiger partial charge in [-0.05, 0) is 24.1 Å². The number of anilines is 1. The topological polar surface area (TPSA) is 79.5 Å². The van der Waals surface area contributed by atoms with Crippen LogP contribution in [0.15, 0.2) is 47.5 Å². The van der Waals surface area contributed by atoms with Crippen LogP contribution in [0.3, 0.4) is 0 Å². The maximum absolute atomic E-state index is 13.4. The molecule has 140 valence electrons. The molecule has 26 heavy (non-hydrogen) atoms. The van der Waals surface area contributed by atoms with Gasteiger partial charge in [0.1, 0.15) is 6.54 Å². The van der Waals surface area contributed by atoms with Gasteiger partial charge in [0.2, 0.25) is 5.91 Å². The summed E-state index contributed by atoms with van der Waals surface area (Å²) in [7, 11) is 0. The summed E-state index contributed by atoms with van der Waals surface area (Å²) in [6.45, 7) is 0.140. The normalized spacial score (nSPS) is 10.8. The van der Waals surface area contributed by atoms with Gasteiger partial charge >= 0.3 is 0 Å². The molecule has 0 fully saturated rings. The van der Waals surface area contributed by atoms with Crippen molar-refractivity contribution >= 4 is 41.5 Å². The van der Waals surface area contributed by atoms with Crippen molar-refractivity contribution in [1.29, 1.82) is 0 Å². The van der Waals surface area contributed by atoms with Crippen LogP contribution >= 0.6 is 24.0 Å². The molecule has 0 aliphatic heterocycles. The first-order chi connectivity index (χ1) is 12.0. The van der Waals surface area contributed by atoms with Crippen LogP contribution in [0.1, 0.15) is 5.56 Å². The lowest BCUT2D eigenvalue weighted by molar-refractivity contribution is -0.114. The molecule has 2 aromatic rings. The third-order valence-electron chi connectivity index (χ3n) is 3.26. The fraction of sp³-hybridized carbons (Fsp3) is 0.176. The number of rotatable bonds is 6. The van der Waals surface area contributed by atoms with Crippen molar-refractivity contribution in [3.63, 3.8) is 0 Å². The third-order valence-corrected chi connectivity index (χ3v) is 3.26. The molecule has 9 heteroatoms. The lowest BCUT2D eigenvalue weighted by Crippen LogP contribution is -2.34. The van der Waals surface area contributed by atoms with E-state index in [9.17, 15) is 18.0 Å². The molecule has 4 N–H and O–H groups in total. The number of aliphatic imine (C=N–C) groups is 1. The second-order valence-electron chi connectivity index (χ2n) is 5.13. The van der Waals surface area contributed by atoms with Crippen molar-refractivity contribution in [2.24, 2.45) is 10.7 Å². The van der Waals surface area contributed by atoms with E-state index in [1.165, 1.54) is 0 Å². The molecule has 0 saturated heterocycles. The maximum atomic E-state index is 13.4. The zero-order valence-corrected chi connectivity index (χ0v) is 16.0. The summed E-state index contributed by atoms with van der Waals surface area (Å²) < 4.78 is 39.3. The van der Waals surface area contributed by atoms with Gasteiger partial charge in [-0.15, -0.1) is 24.0 Å². The molecule has 0 bridgehead atoms. The van der Waals surface area contributed by atoms with Gasteiger partial charge in [-0.1, -0.05) is 30.3 Å². The van der Waals surface area contributed by atoms with Crippen LogP contribution in [0.4, 0.5) is 18.9 Å². The average Bonchev–Trinajstić information content (AvgIpc) is 2.61. The molecular formula is C17H18F3IN4O. The zero-order valence-electron chi connectivity index (χ0n) is 13.6. The number of hydrogen-bond acceptors (Lipinski definition) is 2. The summed E-state index contributed by atoms with van der Waals surface area (Å²) in [4.78, 5) is 15.5. The standard InChI is InChI=1S/C17H17F3N4O.HI/c18-12-6-7-13(16(20)15(12)19)24-14(25)10-23-17(21)22-9-8-11-4-2-1-3-5-11;/h1-7H,8-10H2,(H,24,25)(H3,21,22,23);1H. The number of benzene rings is 2. The van der Waals surface area contributed by atoms with Crippen molar-refractivity contribution in [1.82, 2.24) is 5.32 Å². The highest BCUT2D eigenvalue weighted by Gasteiger charge is 2.14. The van der Waals surface area contributed by atoms with Crippen LogP contribution in [0, 0.1) is 17.5 Å². The van der Waals surface area contributed by atoms with E-state index >= 15 is 0 Å². The van der Waals surface area contributed by atoms with Crippen LogP contribution in [0.2, 0.25) is 0 Å². The van der Waals surface area contributed by atoms with E-state index < -0.39 is 29.0 Å². The average molecular weight is 478 g/mol. The first kappa shape index (κ1) is 21.7. The Kier molecular flexibility index (Phi) is 8.90. The molecule has 5 nitrogen and oxygen atoms in total. The number of nitrogens with zero attached hydrogens (tertiary/aromatic N) is 1. The van der Waals surface area contributed by atoms with Crippen molar-refractivity contribution in [3.05, 3.63) is 65.5 Å². The summed E-state index contributed by atoms with van der Waals surface area (Å²) in [6.07, 6.45) is 0.726. The monoisotopic (exact) mass is 478 g/mol. The number of carbonyl (C=O) groups is 1.